The van der Waals surface area contributed by atoms with E-state index in [1.54, 1.807) is 24.3 Å². The van der Waals surface area contributed by atoms with E-state index in [1.165, 1.54) is 0 Å². The van der Waals surface area contributed by atoms with Gasteiger partial charge >= 0.3 is 0 Å². The molecule has 0 aromatic heterocycles. The van der Waals surface area contributed by atoms with Crippen molar-refractivity contribution >= 4 is 5.91 Å². The standard InChI is InChI=1S/C11H16N2O3/c1-2-15-7-8-16-10-5-3-9(4-6-10)11(14)13-12/h3-6H,2,7-8,12H2,1H3,(H,13,14). The molecule has 1 aromatic rings. The molecule has 1 amide bonds. The largest absolute Gasteiger partial charge is 0.491 e. The van der Waals surface area contributed by atoms with E-state index in [-0.39, 0.29) is 5.91 Å². The molecule has 0 aliphatic heterocycles. The van der Waals surface area contributed by atoms with Gasteiger partial charge in [0.2, 0.25) is 0 Å². The molecule has 0 radical (unpaired) electrons. The van der Waals surface area contributed by atoms with Crippen molar-refractivity contribution in [3.63, 3.8) is 0 Å². The van der Waals surface area contributed by atoms with E-state index in [0.29, 0.717) is 31.1 Å². The molecule has 0 bridgehead atoms. The summed E-state index contributed by atoms with van der Waals surface area (Å²) in [7, 11) is 0. The van der Waals surface area contributed by atoms with Crippen molar-refractivity contribution in [3.05, 3.63) is 29.8 Å². The first-order valence-electron chi connectivity index (χ1n) is 5.09. The summed E-state index contributed by atoms with van der Waals surface area (Å²) in [5.74, 6) is 5.39. The van der Waals surface area contributed by atoms with Crippen LogP contribution in [-0.2, 0) is 4.74 Å². The molecule has 0 unspecified atom stereocenters. The van der Waals surface area contributed by atoms with Crippen LogP contribution in [0, 0.1) is 0 Å². The predicted molar refractivity (Wildman–Crippen MR) is 60.1 cm³/mol. The predicted octanol–water partition coefficient (Wildman–Crippen LogP) is 0.705. The van der Waals surface area contributed by atoms with Gasteiger partial charge < -0.3 is 9.47 Å². The van der Waals surface area contributed by atoms with Crippen molar-refractivity contribution in [2.75, 3.05) is 19.8 Å². The molecule has 0 saturated carbocycles. The number of hydrogen-bond donors (Lipinski definition) is 2. The second-order valence-electron chi connectivity index (χ2n) is 3.04. The zero-order valence-corrected chi connectivity index (χ0v) is 9.23. The van der Waals surface area contributed by atoms with Crippen molar-refractivity contribution in [1.29, 1.82) is 0 Å². The zero-order valence-electron chi connectivity index (χ0n) is 9.23. The summed E-state index contributed by atoms with van der Waals surface area (Å²) < 4.78 is 10.5. The summed E-state index contributed by atoms with van der Waals surface area (Å²) in [6.45, 7) is 3.66. The fraction of sp³-hybridized carbons (Fsp3) is 0.364. The van der Waals surface area contributed by atoms with Crippen LogP contribution < -0.4 is 16.0 Å². The van der Waals surface area contributed by atoms with E-state index in [0.717, 1.165) is 0 Å². The average molecular weight is 224 g/mol. The number of amides is 1. The van der Waals surface area contributed by atoms with Gasteiger partial charge in [-0.15, -0.1) is 0 Å². The second-order valence-corrected chi connectivity index (χ2v) is 3.04. The Morgan fingerprint density at radius 3 is 2.56 bits per heavy atom. The molecule has 0 atom stereocenters. The van der Waals surface area contributed by atoms with Gasteiger partial charge in [0.25, 0.3) is 5.91 Å². The van der Waals surface area contributed by atoms with Gasteiger partial charge in [-0.05, 0) is 31.2 Å². The minimum Gasteiger partial charge on any atom is -0.491 e. The highest BCUT2D eigenvalue weighted by Gasteiger charge is 2.02. The maximum absolute atomic E-state index is 11.1. The molecule has 1 rings (SSSR count). The normalized spacial score (nSPS) is 9.88. The molecule has 0 heterocycles. The fourth-order valence-electron chi connectivity index (χ4n) is 1.15. The number of carbonyl (C=O) groups excluding carboxylic acids is 1. The second kappa shape index (κ2) is 6.81. The number of nitrogens with one attached hydrogen (secondary N) is 1. The van der Waals surface area contributed by atoms with Gasteiger partial charge in [-0.1, -0.05) is 0 Å². The number of hydrogen-bond acceptors (Lipinski definition) is 4. The minimum atomic E-state index is -0.319. The maximum atomic E-state index is 11.1. The minimum absolute atomic E-state index is 0.319. The molecule has 1 aromatic carbocycles. The lowest BCUT2D eigenvalue weighted by atomic mass is 10.2. The van der Waals surface area contributed by atoms with Gasteiger partial charge in [0.05, 0.1) is 6.61 Å². The van der Waals surface area contributed by atoms with Crippen LogP contribution in [0.4, 0.5) is 0 Å². The van der Waals surface area contributed by atoms with Gasteiger partial charge in [-0.3, -0.25) is 10.2 Å². The first-order valence-corrected chi connectivity index (χ1v) is 5.09. The van der Waals surface area contributed by atoms with Crippen LogP contribution in [0.25, 0.3) is 0 Å². The number of hydrazine groups is 1. The van der Waals surface area contributed by atoms with Gasteiger partial charge in [0.15, 0.2) is 0 Å². The lowest BCUT2D eigenvalue weighted by Gasteiger charge is -2.06. The summed E-state index contributed by atoms with van der Waals surface area (Å²) in [5.41, 5.74) is 2.56. The number of nitrogens with two attached hydrogens (primary N) is 1. The Kier molecular flexibility index (Phi) is 5.31. The lowest BCUT2D eigenvalue weighted by Crippen LogP contribution is -2.29. The quantitative estimate of drug-likeness (QED) is 0.323. The molecule has 5 heteroatoms. The highest BCUT2D eigenvalue weighted by Crippen LogP contribution is 2.11. The Balaban J connectivity index is 2.42. The van der Waals surface area contributed by atoms with Crippen molar-refractivity contribution in [3.8, 4) is 5.75 Å². The molecule has 0 spiro atoms. The monoisotopic (exact) mass is 224 g/mol. The van der Waals surface area contributed by atoms with Gasteiger partial charge in [0, 0.05) is 12.2 Å². The molecule has 5 nitrogen and oxygen atoms in total. The van der Waals surface area contributed by atoms with Gasteiger partial charge in [-0.25, -0.2) is 5.84 Å². The number of benzene rings is 1. The smallest absolute Gasteiger partial charge is 0.265 e. The summed E-state index contributed by atoms with van der Waals surface area (Å²) >= 11 is 0. The molecular weight excluding hydrogens is 208 g/mol. The Morgan fingerprint density at radius 2 is 2.00 bits per heavy atom. The van der Waals surface area contributed by atoms with E-state index in [4.69, 9.17) is 15.3 Å². The molecule has 88 valence electrons. The molecule has 0 aliphatic rings. The fourth-order valence-corrected chi connectivity index (χ4v) is 1.15. The molecular formula is C11H16N2O3. The Bertz CT molecular complexity index is 325. The third kappa shape index (κ3) is 3.88. The summed E-state index contributed by atoms with van der Waals surface area (Å²) in [5, 5.41) is 0. The van der Waals surface area contributed by atoms with Crippen LogP contribution in [0.1, 0.15) is 17.3 Å². The van der Waals surface area contributed by atoms with Crippen molar-refractivity contribution in [2.24, 2.45) is 5.84 Å². The van der Waals surface area contributed by atoms with Gasteiger partial charge in [-0.2, -0.15) is 0 Å². The first kappa shape index (κ1) is 12.5. The number of carbonyl (C=O) groups is 1. The topological polar surface area (TPSA) is 73.6 Å². The van der Waals surface area contributed by atoms with Crippen LogP contribution in [0.2, 0.25) is 0 Å². The highest BCUT2D eigenvalue weighted by atomic mass is 16.5. The van der Waals surface area contributed by atoms with Gasteiger partial charge in [0.1, 0.15) is 12.4 Å². The number of ether oxygens (including phenoxy) is 2. The third-order valence-corrected chi connectivity index (χ3v) is 1.95. The molecule has 0 saturated heterocycles. The maximum Gasteiger partial charge on any atom is 0.265 e. The zero-order chi connectivity index (χ0) is 11.8. The SMILES string of the molecule is CCOCCOc1ccc(C(=O)NN)cc1. The summed E-state index contributed by atoms with van der Waals surface area (Å²) in [6, 6.07) is 6.74. The van der Waals surface area contributed by atoms with Crippen molar-refractivity contribution in [1.82, 2.24) is 5.43 Å². The Labute approximate surface area is 94.5 Å². The van der Waals surface area contributed by atoms with Crippen LogP contribution in [0.5, 0.6) is 5.75 Å². The average Bonchev–Trinajstić information content (AvgIpc) is 2.34. The number of rotatable bonds is 6. The number of nitrogen functional groups attached to an aromatic ring is 1. The highest BCUT2D eigenvalue weighted by molar-refractivity contribution is 5.93. The van der Waals surface area contributed by atoms with Crippen LogP contribution in [0.3, 0.4) is 0 Å². The van der Waals surface area contributed by atoms with Crippen molar-refractivity contribution in [2.45, 2.75) is 6.92 Å². The Hall–Kier alpha value is -1.59. The molecule has 3 N–H and O–H groups in total. The summed E-state index contributed by atoms with van der Waals surface area (Å²) in [6.07, 6.45) is 0. The van der Waals surface area contributed by atoms with E-state index in [1.807, 2.05) is 6.92 Å². The molecule has 0 fully saturated rings. The Morgan fingerprint density at radius 1 is 1.31 bits per heavy atom. The van der Waals surface area contributed by atoms with E-state index >= 15 is 0 Å². The van der Waals surface area contributed by atoms with E-state index in [2.05, 4.69) is 5.43 Å². The first-order chi connectivity index (χ1) is 7.77. The molecule has 0 aliphatic carbocycles. The van der Waals surface area contributed by atoms with E-state index in [9.17, 15) is 4.79 Å². The third-order valence-electron chi connectivity index (χ3n) is 1.95. The molecule has 16 heavy (non-hydrogen) atoms. The van der Waals surface area contributed by atoms with Crippen molar-refractivity contribution < 1.29 is 14.3 Å². The summed E-state index contributed by atoms with van der Waals surface area (Å²) in [4.78, 5) is 11.1. The van der Waals surface area contributed by atoms with E-state index < -0.39 is 0 Å². The van der Waals surface area contributed by atoms with Crippen LogP contribution >= 0.6 is 0 Å². The van der Waals surface area contributed by atoms with Crippen LogP contribution in [-0.4, -0.2) is 25.7 Å². The van der Waals surface area contributed by atoms with Crippen LogP contribution in [0.15, 0.2) is 24.3 Å². The lowest BCUT2D eigenvalue weighted by molar-refractivity contribution is 0.0953.